The molecule has 246 valence electrons. The minimum atomic E-state index is -0.534. The van der Waals surface area contributed by atoms with Crippen molar-refractivity contribution in [2.75, 3.05) is 37.0 Å². The minimum absolute atomic E-state index is 0.00220. The van der Waals surface area contributed by atoms with Gasteiger partial charge in [0, 0.05) is 42.5 Å². The molecule has 0 bridgehead atoms. The van der Waals surface area contributed by atoms with Crippen LogP contribution in [0.2, 0.25) is 5.02 Å². The molecule has 3 aromatic carbocycles. The Morgan fingerprint density at radius 1 is 1.02 bits per heavy atom. The molecule has 3 aromatic rings. The molecule has 9 heteroatoms. The highest BCUT2D eigenvalue weighted by Gasteiger charge is 2.36. The summed E-state index contributed by atoms with van der Waals surface area (Å²) >= 11 is 6.27. The molecule has 1 aliphatic heterocycles. The van der Waals surface area contributed by atoms with E-state index in [9.17, 15) is 14.7 Å². The Bertz CT molecular complexity index is 1500. The Hall–Kier alpha value is -3.75. The van der Waals surface area contributed by atoms with E-state index in [2.05, 4.69) is 29.4 Å². The molecule has 0 saturated heterocycles. The van der Waals surface area contributed by atoms with E-state index in [1.807, 2.05) is 67.3 Å². The Morgan fingerprint density at radius 3 is 2.30 bits per heavy atom. The summed E-state index contributed by atoms with van der Waals surface area (Å²) in [6.45, 7) is 6.84. The lowest BCUT2D eigenvalue weighted by Gasteiger charge is -2.38. The van der Waals surface area contributed by atoms with Crippen LogP contribution < -0.4 is 24.6 Å². The molecule has 2 amide bonds. The lowest BCUT2D eigenvalue weighted by atomic mass is 9.81. The molecule has 1 fully saturated rings. The first-order valence-electron chi connectivity index (χ1n) is 16.3. The number of methoxy groups -OCH3 is 1. The highest BCUT2D eigenvalue weighted by molar-refractivity contribution is 6.30. The van der Waals surface area contributed by atoms with E-state index in [4.69, 9.17) is 21.1 Å². The number of carbonyl (C=O) groups excluding carboxylic acids is 2. The summed E-state index contributed by atoms with van der Waals surface area (Å²) in [5, 5.41) is 13.0. The average molecular weight is 648 g/mol. The van der Waals surface area contributed by atoms with Gasteiger partial charge in [-0.25, -0.2) is 0 Å². The number of amides is 2. The van der Waals surface area contributed by atoms with E-state index in [-0.39, 0.29) is 36.3 Å². The third-order valence-corrected chi connectivity index (χ3v) is 9.28. The lowest BCUT2D eigenvalue weighted by Crippen LogP contribution is -2.41. The van der Waals surface area contributed by atoms with E-state index >= 15 is 0 Å². The zero-order chi connectivity index (χ0) is 33.0. The maximum atomic E-state index is 13.9. The summed E-state index contributed by atoms with van der Waals surface area (Å²) in [5.74, 6) is 1.84. The molecule has 2 atom stereocenters. The molecule has 0 spiro atoms. The highest BCUT2D eigenvalue weighted by Crippen LogP contribution is 2.44. The number of rotatable bonds is 11. The standard InChI is InChI=1S/C37H46ClN3O5/c1-23(2)46-34-20-32-28(18-33(34)45-5)19-35(43)41(36(32)26-10-12-29(38)13-11-26)31-16-14-30(15-17-31)40(4)22-25-6-8-27(9-7-25)37(44)39-21-24(3)42/h10-18,20,23-25,27,36,42H,6-9,19,21-22H2,1-5H3,(H,39,44)/t24-,25?,27?,36-/m0/s1. The molecule has 2 aliphatic rings. The number of nitrogens with zero attached hydrogens (tertiary/aromatic N) is 2. The molecule has 8 nitrogen and oxygen atoms in total. The van der Waals surface area contributed by atoms with E-state index in [0.717, 1.165) is 60.3 Å². The van der Waals surface area contributed by atoms with Crippen molar-refractivity contribution in [3.8, 4) is 11.5 Å². The number of hydrogen-bond donors (Lipinski definition) is 2. The summed E-state index contributed by atoms with van der Waals surface area (Å²) in [6.07, 6.45) is 3.39. The number of anilines is 2. The fourth-order valence-corrected chi connectivity index (χ4v) is 6.82. The SMILES string of the molecule is COc1cc2c(cc1OC(C)C)[C@H](c1ccc(Cl)cc1)N(c1ccc(N(C)CC3CCC(C(=O)NC[C@H](C)O)CC3)cc1)C(=O)C2. The van der Waals surface area contributed by atoms with Crippen LogP contribution in [0.3, 0.4) is 0 Å². The van der Waals surface area contributed by atoms with E-state index in [1.54, 1.807) is 14.0 Å². The van der Waals surface area contributed by atoms with Gasteiger partial charge in [-0.2, -0.15) is 0 Å². The Kier molecular flexibility index (Phi) is 10.8. The lowest BCUT2D eigenvalue weighted by molar-refractivity contribution is -0.126. The maximum Gasteiger partial charge on any atom is 0.232 e. The second-order valence-corrected chi connectivity index (χ2v) is 13.4. The molecule has 0 radical (unpaired) electrons. The highest BCUT2D eigenvalue weighted by atomic mass is 35.5. The van der Waals surface area contributed by atoms with Crippen molar-refractivity contribution in [3.63, 3.8) is 0 Å². The number of ether oxygens (including phenoxy) is 2. The van der Waals surface area contributed by atoms with Gasteiger partial charge in [0.05, 0.1) is 31.8 Å². The molecule has 0 unspecified atom stereocenters. The van der Waals surface area contributed by atoms with Gasteiger partial charge in [0.1, 0.15) is 0 Å². The van der Waals surface area contributed by atoms with Crippen molar-refractivity contribution in [2.24, 2.45) is 11.8 Å². The van der Waals surface area contributed by atoms with Gasteiger partial charge in [-0.05, 0) is 118 Å². The van der Waals surface area contributed by atoms with Crippen molar-refractivity contribution in [1.29, 1.82) is 0 Å². The third kappa shape index (κ3) is 7.78. The topological polar surface area (TPSA) is 91.3 Å². The van der Waals surface area contributed by atoms with Gasteiger partial charge in [0.15, 0.2) is 11.5 Å². The van der Waals surface area contributed by atoms with Gasteiger partial charge >= 0.3 is 0 Å². The molecule has 5 rings (SSSR count). The number of halogens is 1. The Labute approximate surface area is 277 Å². The smallest absolute Gasteiger partial charge is 0.232 e. The number of fused-ring (bicyclic) bond motifs is 1. The second-order valence-electron chi connectivity index (χ2n) is 13.0. The molecule has 1 aliphatic carbocycles. The van der Waals surface area contributed by atoms with Crippen molar-refractivity contribution < 1.29 is 24.2 Å². The number of carbonyl (C=O) groups is 2. The van der Waals surface area contributed by atoms with Crippen molar-refractivity contribution >= 4 is 34.8 Å². The van der Waals surface area contributed by atoms with Crippen molar-refractivity contribution in [1.82, 2.24) is 5.32 Å². The summed E-state index contributed by atoms with van der Waals surface area (Å²) in [4.78, 5) is 30.5. The second kappa shape index (κ2) is 14.8. The molecule has 46 heavy (non-hydrogen) atoms. The number of benzene rings is 3. The van der Waals surface area contributed by atoms with Crippen LogP contribution in [-0.4, -0.2) is 56.4 Å². The normalized spacial score (nSPS) is 20.2. The molecule has 1 saturated carbocycles. The average Bonchev–Trinajstić information content (AvgIpc) is 3.03. The zero-order valence-electron chi connectivity index (χ0n) is 27.5. The first-order valence-corrected chi connectivity index (χ1v) is 16.6. The van der Waals surface area contributed by atoms with Gasteiger partial charge in [-0.15, -0.1) is 0 Å². The van der Waals surface area contributed by atoms with E-state index in [0.29, 0.717) is 29.0 Å². The Balaban J connectivity index is 1.35. The van der Waals surface area contributed by atoms with Crippen LogP contribution in [0.4, 0.5) is 11.4 Å². The van der Waals surface area contributed by atoms with Crippen LogP contribution in [0.25, 0.3) is 0 Å². The molecule has 2 N–H and O–H groups in total. The van der Waals surface area contributed by atoms with Crippen LogP contribution in [-0.2, 0) is 16.0 Å². The van der Waals surface area contributed by atoms with Gasteiger partial charge in [-0.3, -0.25) is 9.59 Å². The molecule has 1 heterocycles. The number of aliphatic hydroxyl groups excluding tert-OH is 1. The maximum absolute atomic E-state index is 13.9. The van der Waals surface area contributed by atoms with Crippen LogP contribution >= 0.6 is 11.6 Å². The first kappa shape index (κ1) is 33.6. The third-order valence-electron chi connectivity index (χ3n) is 9.03. The fraction of sp³-hybridized carbons (Fsp3) is 0.459. The summed E-state index contributed by atoms with van der Waals surface area (Å²) in [7, 11) is 3.71. The monoisotopic (exact) mass is 647 g/mol. The first-order chi connectivity index (χ1) is 22.0. The van der Waals surface area contributed by atoms with Crippen LogP contribution in [0.5, 0.6) is 11.5 Å². The number of hydrogen-bond acceptors (Lipinski definition) is 6. The van der Waals surface area contributed by atoms with E-state index in [1.165, 1.54) is 0 Å². The quantitative estimate of drug-likeness (QED) is 0.245. The van der Waals surface area contributed by atoms with E-state index < -0.39 is 6.10 Å². The summed E-state index contributed by atoms with van der Waals surface area (Å²) < 4.78 is 11.8. The van der Waals surface area contributed by atoms with Crippen LogP contribution in [0.15, 0.2) is 60.7 Å². The molecular weight excluding hydrogens is 602 g/mol. The van der Waals surface area contributed by atoms with Gasteiger partial charge in [0.2, 0.25) is 11.8 Å². The summed E-state index contributed by atoms with van der Waals surface area (Å²) in [5.41, 5.74) is 4.76. The number of aliphatic hydroxyl groups is 1. The predicted octanol–water partition coefficient (Wildman–Crippen LogP) is 6.55. The van der Waals surface area contributed by atoms with Crippen LogP contribution in [0.1, 0.15) is 69.2 Å². The fourth-order valence-electron chi connectivity index (χ4n) is 6.69. The van der Waals surface area contributed by atoms with Gasteiger partial charge < -0.3 is 29.7 Å². The van der Waals surface area contributed by atoms with Crippen LogP contribution in [0, 0.1) is 11.8 Å². The Morgan fingerprint density at radius 2 is 1.70 bits per heavy atom. The van der Waals surface area contributed by atoms with Gasteiger partial charge in [0.25, 0.3) is 0 Å². The zero-order valence-corrected chi connectivity index (χ0v) is 28.2. The van der Waals surface area contributed by atoms with Crippen molar-refractivity contribution in [3.05, 3.63) is 82.4 Å². The molecular formula is C37H46ClN3O5. The van der Waals surface area contributed by atoms with Crippen molar-refractivity contribution in [2.45, 2.75) is 71.1 Å². The minimum Gasteiger partial charge on any atom is -0.493 e. The largest absolute Gasteiger partial charge is 0.493 e. The predicted molar refractivity (Wildman–Crippen MR) is 183 cm³/mol. The summed E-state index contributed by atoms with van der Waals surface area (Å²) in [6, 6.07) is 19.4. The molecule has 0 aromatic heterocycles. The van der Waals surface area contributed by atoms with Gasteiger partial charge in [-0.1, -0.05) is 23.7 Å². The number of nitrogens with one attached hydrogen (secondary N) is 1.